The van der Waals surface area contributed by atoms with Crippen molar-refractivity contribution in [2.75, 3.05) is 11.1 Å². The van der Waals surface area contributed by atoms with Crippen LogP contribution >= 0.6 is 11.8 Å². The number of aromatic nitrogens is 2. The third kappa shape index (κ3) is 5.41. The van der Waals surface area contributed by atoms with Gasteiger partial charge in [0.15, 0.2) is 0 Å². The highest BCUT2D eigenvalue weighted by Crippen LogP contribution is 2.23. The topological polar surface area (TPSA) is 54.9 Å². The van der Waals surface area contributed by atoms with Crippen molar-refractivity contribution >= 4 is 23.4 Å². The summed E-state index contributed by atoms with van der Waals surface area (Å²) in [4.78, 5) is 21.2. The van der Waals surface area contributed by atoms with E-state index in [0.717, 1.165) is 27.8 Å². The lowest BCUT2D eigenvalue weighted by atomic mass is 10.1. The fourth-order valence-electron chi connectivity index (χ4n) is 2.66. The van der Waals surface area contributed by atoms with Crippen LogP contribution in [0.4, 0.5) is 5.69 Å². The molecule has 1 heterocycles. The number of hydrogen-bond donors (Lipinski definition) is 1. The van der Waals surface area contributed by atoms with E-state index in [1.807, 2.05) is 68.4 Å². The molecule has 4 nitrogen and oxygen atoms in total. The molecule has 0 saturated heterocycles. The number of aryl methyl sites for hydroxylation is 3. The molecule has 0 aliphatic heterocycles. The molecular weight excluding hydrogens is 354 g/mol. The number of nitrogens with one attached hydrogen (secondary N) is 1. The third-order valence-corrected chi connectivity index (χ3v) is 5.17. The van der Waals surface area contributed by atoms with Crippen LogP contribution in [0.2, 0.25) is 0 Å². The van der Waals surface area contributed by atoms with Gasteiger partial charge in [-0.1, -0.05) is 36.4 Å². The average molecular weight is 378 g/mol. The van der Waals surface area contributed by atoms with E-state index in [1.165, 1.54) is 11.1 Å². The van der Waals surface area contributed by atoms with Crippen LogP contribution < -0.4 is 5.32 Å². The Morgan fingerprint density at radius 2 is 1.74 bits per heavy atom. The Balaban J connectivity index is 1.57. The van der Waals surface area contributed by atoms with Crippen molar-refractivity contribution in [2.45, 2.75) is 32.2 Å². The second-order valence-electron chi connectivity index (χ2n) is 6.45. The molecule has 2 aromatic carbocycles. The molecule has 0 bridgehead atoms. The quantitative estimate of drug-likeness (QED) is 0.474. The Morgan fingerprint density at radius 3 is 2.48 bits per heavy atom. The number of hydrogen-bond acceptors (Lipinski definition) is 4. The average Bonchev–Trinajstić information content (AvgIpc) is 2.65. The Labute approximate surface area is 164 Å². The molecule has 0 spiro atoms. The van der Waals surface area contributed by atoms with Crippen LogP contribution in [0.5, 0.6) is 0 Å². The smallest absolute Gasteiger partial charge is 0.225 e. The maximum atomic E-state index is 12.2. The SMILES string of the molecule is Cc1nc(SCCC(=O)Nc2ccc(C)c(C)c2)cc(-c2ccccc2)n1. The minimum absolute atomic E-state index is 0.0137. The van der Waals surface area contributed by atoms with Crippen molar-refractivity contribution in [1.29, 1.82) is 0 Å². The first-order valence-electron chi connectivity index (χ1n) is 8.92. The van der Waals surface area contributed by atoms with Gasteiger partial charge in [0.2, 0.25) is 5.91 Å². The van der Waals surface area contributed by atoms with E-state index in [2.05, 4.69) is 22.2 Å². The maximum Gasteiger partial charge on any atom is 0.225 e. The molecular formula is C22H23N3OS. The molecule has 0 radical (unpaired) electrons. The zero-order valence-corrected chi connectivity index (χ0v) is 16.6. The fourth-order valence-corrected chi connectivity index (χ4v) is 3.55. The number of carbonyl (C=O) groups excluding carboxylic acids is 1. The number of thioether (sulfide) groups is 1. The lowest BCUT2D eigenvalue weighted by Crippen LogP contribution is -2.12. The van der Waals surface area contributed by atoms with Gasteiger partial charge < -0.3 is 5.32 Å². The van der Waals surface area contributed by atoms with Gasteiger partial charge in [-0.2, -0.15) is 0 Å². The third-order valence-electron chi connectivity index (χ3n) is 4.25. The van der Waals surface area contributed by atoms with Gasteiger partial charge in [-0.05, 0) is 50.1 Å². The van der Waals surface area contributed by atoms with Crippen molar-refractivity contribution in [3.05, 3.63) is 71.5 Å². The van der Waals surface area contributed by atoms with Gasteiger partial charge in [0, 0.05) is 23.4 Å². The number of carbonyl (C=O) groups is 1. The monoisotopic (exact) mass is 377 g/mol. The summed E-state index contributed by atoms with van der Waals surface area (Å²) in [5, 5.41) is 3.85. The van der Waals surface area contributed by atoms with Crippen LogP contribution in [0, 0.1) is 20.8 Å². The van der Waals surface area contributed by atoms with E-state index in [-0.39, 0.29) is 5.91 Å². The molecule has 3 aromatic rings. The van der Waals surface area contributed by atoms with Crippen molar-refractivity contribution in [2.24, 2.45) is 0 Å². The van der Waals surface area contributed by atoms with Crippen molar-refractivity contribution in [3.63, 3.8) is 0 Å². The Bertz CT molecular complexity index is 942. The second kappa shape index (κ2) is 8.82. The molecule has 0 atom stereocenters. The minimum Gasteiger partial charge on any atom is -0.326 e. The highest BCUT2D eigenvalue weighted by molar-refractivity contribution is 7.99. The molecule has 1 aromatic heterocycles. The summed E-state index contributed by atoms with van der Waals surface area (Å²) in [6, 6.07) is 18.0. The minimum atomic E-state index is 0.0137. The molecule has 3 rings (SSSR count). The molecule has 0 saturated carbocycles. The summed E-state index contributed by atoms with van der Waals surface area (Å²) in [7, 11) is 0. The van der Waals surface area contributed by atoms with Crippen LogP contribution in [-0.4, -0.2) is 21.6 Å². The predicted octanol–water partition coefficient (Wildman–Crippen LogP) is 5.19. The lowest BCUT2D eigenvalue weighted by Gasteiger charge is -2.08. The van der Waals surface area contributed by atoms with E-state index in [4.69, 9.17) is 0 Å². The van der Waals surface area contributed by atoms with Crippen LogP contribution in [0.3, 0.4) is 0 Å². The number of anilines is 1. The van der Waals surface area contributed by atoms with Gasteiger partial charge in [0.25, 0.3) is 0 Å². The lowest BCUT2D eigenvalue weighted by molar-refractivity contribution is -0.115. The molecule has 5 heteroatoms. The van der Waals surface area contributed by atoms with E-state index >= 15 is 0 Å². The summed E-state index contributed by atoms with van der Waals surface area (Å²) in [5.74, 6) is 1.42. The van der Waals surface area contributed by atoms with Crippen LogP contribution in [0.1, 0.15) is 23.4 Å². The zero-order valence-electron chi connectivity index (χ0n) is 15.8. The van der Waals surface area contributed by atoms with Crippen LogP contribution in [0.25, 0.3) is 11.3 Å². The van der Waals surface area contributed by atoms with Gasteiger partial charge >= 0.3 is 0 Å². The van der Waals surface area contributed by atoms with Crippen LogP contribution in [-0.2, 0) is 4.79 Å². The normalized spacial score (nSPS) is 10.6. The largest absolute Gasteiger partial charge is 0.326 e. The summed E-state index contributed by atoms with van der Waals surface area (Å²) in [6.07, 6.45) is 0.432. The predicted molar refractivity (Wildman–Crippen MR) is 112 cm³/mol. The molecule has 0 aliphatic carbocycles. The Morgan fingerprint density at radius 1 is 0.963 bits per heavy atom. The van der Waals surface area contributed by atoms with Gasteiger partial charge in [0.05, 0.1) is 5.69 Å². The maximum absolute atomic E-state index is 12.2. The molecule has 1 N–H and O–H groups in total. The van der Waals surface area contributed by atoms with E-state index < -0.39 is 0 Å². The van der Waals surface area contributed by atoms with Crippen molar-refractivity contribution < 1.29 is 4.79 Å². The summed E-state index contributed by atoms with van der Waals surface area (Å²) < 4.78 is 0. The van der Waals surface area contributed by atoms with Gasteiger partial charge in [0.1, 0.15) is 10.9 Å². The number of amides is 1. The summed E-state index contributed by atoms with van der Waals surface area (Å²) in [6.45, 7) is 6.00. The molecule has 138 valence electrons. The van der Waals surface area contributed by atoms with Crippen LogP contribution in [0.15, 0.2) is 59.6 Å². The first kappa shape index (κ1) is 19.1. The van der Waals surface area contributed by atoms with Gasteiger partial charge in [-0.25, -0.2) is 9.97 Å². The van der Waals surface area contributed by atoms with Gasteiger partial charge in [-0.3, -0.25) is 4.79 Å². The number of benzene rings is 2. The van der Waals surface area contributed by atoms with E-state index in [9.17, 15) is 4.79 Å². The highest BCUT2D eigenvalue weighted by Gasteiger charge is 2.07. The Kier molecular flexibility index (Phi) is 6.24. The number of nitrogens with zero attached hydrogens (tertiary/aromatic N) is 2. The molecule has 1 amide bonds. The fraction of sp³-hybridized carbons (Fsp3) is 0.227. The highest BCUT2D eigenvalue weighted by atomic mass is 32.2. The standard InChI is InChI=1S/C22H23N3OS/c1-15-9-10-19(13-16(15)2)25-21(26)11-12-27-22-14-20(23-17(3)24-22)18-7-5-4-6-8-18/h4-10,13-14H,11-12H2,1-3H3,(H,25,26). The van der Waals surface area contributed by atoms with E-state index in [1.54, 1.807) is 11.8 Å². The first-order valence-corrected chi connectivity index (χ1v) is 9.91. The molecule has 0 aliphatic rings. The summed E-state index contributed by atoms with van der Waals surface area (Å²) in [5.41, 5.74) is 5.21. The van der Waals surface area contributed by atoms with Gasteiger partial charge in [-0.15, -0.1) is 11.8 Å². The van der Waals surface area contributed by atoms with Crippen molar-refractivity contribution in [1.82, 2.24) is 9.97 Å². The zero-order chi connectivity index (χ0) is 19.2. The Hall–Kier alpha value is -2.66. The number of rotatable bonds is 6. The second-order valence-corrected chi connectivity index (χ2v) is 7.57. The van der Waals surface area contributed by atoms with Crippen molar-refractivity contribution in [3.8, 4) is 11.3 Å². The molecule has 0 unspecified atom stereocenters. The summed E-state index contributed by atoms with van der Waals surface area (Å²) >= 11 is 1.58. The molecule has 27 heavy (non-hydrogen) atoms. The first-order chi connectivity index (χ1) is 13.0. The van der Waals surface area contributed by atoms with E-state index in [0.29, 0.717) is 12.2 Å². The molecule has 0 fully saturated rings.